The molecule has 1 atom stereocenters. The maximum absolute atomic E-state index is 8.84. The topological polar surface area (TPSA) is 54.4 Å². The van der Waals surface area contributed by atoms with E-state index in [0.717, 1.165) is 5.56 Å². The maximum Gasteiger partial charge on any atom is 0.212 e. The summed E-state index contributed by atoms with van der Waals surface area (Å²) < 4.78 is 4.96. The van der Waals surface area contributed by atoms with Crippen LogP contribution >= 0.6 is 0 Å². The molecule has 1 aromatic heterocycles. The van der Waals surface area contributed by atoms with Gasteiger partial charge in [-0.2, -0.15) is 0 Å². The Morgan fingerprint density at radius 2 is 2.36 bits per heavy atom. The van der Waals surface area contributed by atoms with E-state index in [9.17, 15) is 0 Å². The van der Waals surface area contributed by atoms with Gasteiger partial charge in [0.2, 0.25) is 5.88 Å². The van der Waals surface area contributed by atoms with E-state index in [1.54, 1.807) is 13.3 Å². The number of nitrogens with one attached hydrogen (secondary N) is 1. The minimum atomic E-state index is 0.151. The van der Waals surface area contributed by atoms with Crippen LogP contribution in [0.5, 0.6) is 5.88 Å². The molecule has 0 amide bonds. The van der Waals surface area contributed by atoms with Gasteiger partial charge in [0.25, 0.3) is 0 Å². The van der Waals surface area contributed by atoms with E-state index in [2.05, 4.69) is 10.3 Å². The molecule has 0 aromatic carbocycles. The van der Waals surface area contributed by atoms with Gasteiger partial charge in [0.1, 0.15) is 0 Å². The molecule has 0 aliphatic carbocycles. The van der Waals surface area contributed by atoms with Crippen molar-refractivity contribution < 1.29 is 9.84 Å². The van der Waals surface area contributed by atoms with Gasteiger partial charge in [0, 0.05) is 24.9 Å². The van der Waals surface area contributed by atoms with Crippen LogP contribution in [-0.4, -0.2) is 30.9 Å². The first-order valence-electron chi connectivity index (χ1n) is 4.60. The molecule has 2 N–H and O–H groups in total. The molecule has 1 rings (SSSR count). The Kier molecular flexibility index (Phi) is 4.35. The minimum Gasteiger partial charge on any atom is -0.481 e. The molecule has 0 bridgehead atoms. The number of pyridine rings is 1. The van der Waals surface area contributed by atoms with Crippen molar-refractivity contribution in [1.82, 2.24) is 10.3 Å². The van der Waals surface area contributed by atoms with E-state index < -0.39 is 0 Å². The number of rotatable bonds is 5. The molecule has 0 saturated carbocycles. The van der Waals surface area contributed by atoms with Crippen LogP contribution in [0.1, 0.15) is 18.0 Å². The zero-order valence-corrected chi connectivity index (χ0v) is 8.53. The van der Waals surface area contributed by atoms with Gasteiger partial charge in [-0.05, 0) is 19.0 Å². The molecule has 0 radical (unpaired) electrons. The summed E-state index contributed by atoms with van der Waals surface area (Å²) in [6.07, 6.45) is 2.44. The van der Waals surface area contributed by atoms with Gasteiger partial charge in [-0.1, -0.05) is 6.07 Å². The summed E-state index contributed by atoms with van der Waals surface area (Å²) in [6, 6.07) is 3.91. The Labute approximate surface area is 83.9 Å². The Balaban J connectivity index is 2.73. The van der Waals surface area contributed by atoms with E-state index >= 15 is 0 Å². The third-order valence-corrected chi connectivity index (χ3v) is 2.14. The molecule has 0 fully saturated rings. The highest BCUT2D eigenvalue weighted by Gasteiger charge is 2.08. The Morgan fingerprint density at radius 1 is 1.57 bits per heavy atom. The van der Waals surface area contributed by atoms with E-state index in [0.29, 0.717) is 12.3 Å². The zero-order valence-electron chi connectivity index (χ0n) is 8.53. The molecule has 4 nitrogen and oxygen atoms in total. The average Bonchev–Trinajstić information content (AvgIpc) is 2.26. The second-order valence-electron chi connectivity index (χ2n) is 2.99. The molecule has 14 heavy (non-hydrogen) atoms. The van der Waals surface area contributed by atoms with Gasteiger partial charge in [-0.25, -0.2) is 4.98 Å². The normalized spacial score (nSPS) is 12.5. The SMILES string of the molecule is CNC(CCO)c1ccc(OC)nc1. The van der Waals surface area contributed by atoms with Gasteiger partial charge >= 0.3 is 0 Å². The Hall–Kier alpha value is -1.13. The van der Waals surface area contributed by atoms with Crippen LogP contribution in [0.2, 0.25) is 0 Å². The van der Waals surface area contributed by atoms with Crippen LogP contribution in [-0.2, 0) is 0 Å². The number of aliphatic hydroxyl groups excluding tert-OH is 1. The van der Waals surface area contributed by atoms with Crippen molar-refractivity contribution in [3.63, 3.8) is 0 Å². The quantitative estimate of drug-likeness (QED) is 0.729. The summed E-state index contributed by atoms with van der Waals surface area (Å²) in [5, 5.41) is 12.0. The second kappa shape index (κ2) is 5.57. The summed E-state index contributed by atoms with van der Waals surface area (Å²) in [6.45, 7) is 0.164. The van der Waals surface area contributed by atoms with Gasteiger partial charge < -0.3 is 15.2 Å². The van der Waals surface area contributed by atoms with Crippen LogP contribution in [0.4, 0.5) is 0 Å². The number of methoxy groups -OCH3 is 1. The van der Waals surface area contributed by atoms with Gasteiger partial charge in [-0.15, -0.1) is 0 Å². The monoisotopic (exact) mass is 196 g/mol. The van der Waals surface area contributed by atoms with E-state index in [4.69, 9.17) is 9.84 Å². The van der Waals surface area contributed by atoms with E-state index in [1.165, 1.54) is 0 Å². The van der Waals surface area contributed by atoms with Crippen molar-refractivity contribution in [1.29, 1.82) is 0 Å². The van der Waals surface area contributed by atoms with Crippen LogP contribution in [0, 0.1) is 0 Å². The molecule has 1 unspecified atom stereocenters. The number of aliphatic hydroxyl groups is 1. The van der Waals surface area contributed by atoms with Gasteiger partial charge in [-0.3, -0.25) is 0 Å². The molecule has 78 valence electrons. The van der Waals surface area contributed by atoms with Crippen molar-refractivity contribution in [2.24, 2.45) is 0 Å². The summed E-state index contributed by atoms with van der Waals surface area (Å²) in [5.74, 6) is 0.604. The van der Waals surface area contributed by atoms with Gasteiger partial charge in [0.15, 0.2) is 0 Å². The number of aromatic nitrogens is 1. The van der Waals surface area contributed by atoms with E-state index in [1.807, 2.05) is 19.2 Å². The summed E-state index contributed by atoms with van der Waals surface area (Å²) in [4.78, 5) is 4.10. The molecule has 0 aliphatic rings. The van der Waals surface area contributed by atoms with Crippen molar-refractivity contribution in [3.8, 4) is 5.88 Å². The fraction of sp³-hybridized carbons (Fsp3) is 0.500. The molecule has 1 aromatic rings. The first-order chi connectivity index (χ1) is 6.81. The fourth-order valence-corrected chi connectivity index (χ4v) is 1.33. The standard InChI is InChI=1S/C10H16N2O2/c1-11-9(5-6-13)8-3-4-10(14-2)12-7-8/h3-4,7,9,11,13H,5-6H2,1-2H3. The highest BCUT2D eigenvalue weighted by atomic mass is 16.5. The molecular formula is C10H16N2O2. The lowest BCUT2D eigenvalue weighted by Gasteiger charge is -2.14. The molecule has 4 heteroatoms. The third-order valence-electron chi connectivity index (χ3n) is 2.14. The third kappa shape index (κ3) is 2.68. The molecule has 0 spiro atoms. The van der Waals surface area contributed by atoms with E-state index in [-0.39, 0.29) is 12.6 Å². The summed E-state index contributed by atoms with van der Waals surface area (Å²) in [5.41, 5.74) is 1.06. The maximum atomic E-state index is 8.84. The largest absolute Gasteiger partial charge is 0.481 e. The number of hydrogen-bond donors (Lipinski definition) is 2. The summed E-state index contributed by atoms with van der Waals surface area (Å²) >= 11 is 0. The van der Waals surface area contributed by atoms with Crippen molar-refractivity contribution in [2.45, 2.75) is 12.5 Å². The number of ether oxygens (including phenoxy) is 1. The lowest BCUT2D eigenvalue weighted by atomic mass is 10.1. The molecule has 0 aliphatic heterocycles. The second-order valence-corrected chi connectivity index (χ2v) is 2.99. The predicted octanol–water partition coefficient (Wildman–Crippen LogP) is 0.733. The van der Waals surface area contributed by atoms with Crippen LogP contribution in [0.25, 0.3) is 0 Å². The average molecular weight is 196 g/mol. The Morgan fingerprint density at radius 3 is 2.79 bits per heavy atom. The lowest BCUT2D eigenvalue weighted by Crippen LogP contribution is -2.17. The van der Waals surface area contributed by atoms with Crippen molar-refractivity contribution >= 4 is 0 Å². The van der Waals surface area contributed by atoms with Crippen LogP contribution < -0.4 is 10.1 Å². The number of nitrogens with zero attached hydrogens (tertiary/aromatic N) is 1. The van der Waals surface area contributed by atoms with Crippen molar-refractivity contribution in [3.05, 3.63) is 23.9 Å². The minimum absolute atomic E-state index is 0.151. The van der Waals surface area contributed by atoms with Crippen LogP contribution in [0.3, 0.4) is 0 Å². The zero-order chi connectivity index (χ0) is 10.4. The molecule has 0 saturated heterocycles. The lowest BCUT2D eigenvalue weighted by molar-refractivity contribution is 0.268. The molecule has 1 heterocycles. The van der Waals surface area contributed by atoms with Gasteiger partial charge in [0.05, 0.1) is 7.11 Å². The first-order valence-corrected chi connectivity index (χ1v) is 4.60. The molecular weight excluding hydrogens is 180 g/mol. The first kappa shape index (κ1) is 10.9. The highest BCUT2D eigenvalue weighted by molar-refractivity contribution is 5.20. The smallest absolute Gasteiger partial charge is 0.212 e. The predicted molar refractivity (Wildman–Crippen MR) is 54.3 cm³/mol. The highest BCUT2D eigenvalue weighted by Crippen LogP contribution is 2.16. The fourth-order valence-electron chi connectivity index (χ4n) is 1.33. The Bertz CT molecular complexity index is 261. The van der Waals surface area contributed by atoms with Crippen molar-refractivity contribution in [2.75, 3.05) is 20.8 Å². The van der Waals surface area contributed by atoms with Crippen LogP contribution in [0.15, 0.2) is 18.3 Å². The summed E-state index contributed by atoms with van der Waals surface area (Å²) in [7, 11) is 3.45. The number of hydrogen-bond acceptors (Lipinski definition) is 4.